The lowest BCUT2D eigenvalue weighted by atomic mass is 10.1. The summed E-state index contributed by atoms with van der Waals surface area (Å²) in [6.07, 6.45) is 4.88. The Kier molecular flexibility index (Phi) is 3.10. The summed E-state index contributed by atoms with van der Waals surface area (Å²) >= 11 is 0. The van der Waals surface area contributed by atoms with Crippen LogP contribution >= 0.6 is 0 Å². The van der Waals surface area contributed by atoms with Crippen molar-refractivity contribution in [3.05, 3.63) is 41.5 Å². The van der Waals surface area contributed by atoms with Crippen LogP contribution in [0.4, 0.5) is 5.69 Å². The Labute approximate surface area is 92.2 Å². The van der Waals surface area contributed by atoms with Crippen molar-refractivity contribution in [2.75, 3.05) is 11.9 Å². The van der Waals surface area contributed by atoms with Gasteiger partial charge in [-0.2, -0.15) is 0 Å². The first-order valence-corrected chi connectivity index (χ1v) is 5.82. The third-order valence-electron chi connectivity index (χ3n) is 3.14. The van der Waals surface area contributed by atoms with Gasteiger partial charge in [0, 0.05) is 12.2 Å². The van der Waals surface area contributed by atoms with E-state index in [1.807, 2.05) is 0 Å². The molecule has 1 aliphatic carbocycles. The molecule has 0 spiro atoms. The summed E-state index contributed by atoms with van der Waals surface area (Å²) in [6.45, 7) is 7.04. The number of hydrogen-bond acceptors (Lipinski definition) is 1. The first-order valence-electron chi connectivity index (χ1n) is 5.82. The molecule has 0 amide bonds. The normalized spacial score (nSPS) is 13.7. The van der Waals surface area contributed by atoms with Gasteiger partial charge in [-0.1, -0.05) is 25.1 Å². The van der Waals surface area contributed by atoms with Crippen LogP contribution in [-0.2, 0) is 12.8 Å². The zero-order valence-corrected chi connectivity index (χ0v) is 9.47. The van der Waals surface area contributed by atoms with Crippen molar-refractivity contribution in [3.63, 3.8) is 0 Å². The molecule has 1 nitrogen and oxygen atoms in total. The lowest BCUT2D eigenvalue weighted by Gasteiger charge is -2.09. The van der Waals surface area contributed by atoms with Crippen LogP contribution in [0.25, 0.3) is 0 Å². The third-order valence-corrected chi connectivity index (χ3v) is 3.14. The van der Waals surface area contributed by atoms with E-state index in [0.29, 0.717) is 0 Å². The van der Waals surface area contributed by atoms with Crippen LogP contribution in [0.2, 0.25) is 0 Å². The van der Waals surface area contributed by atoms with E-state index in [4.69, 9.17) is 0 Å². The van der Waals surface area contributed by atoms with Gasteiger partial charge in [-0.05, 0) is 48.9 Å². The molecule has 15 heavy (non-hydrogen) atoms. The number of fused-ring (bicyclic) bond motifs is 1. The van der Waals surface area contributed by atoms with Crippen LogP contribution in [0.15, 0.2) is 30.4 Å². The van der Waals surface area contributed by atoms with Gasteiger partial charge in [-0.15, -0.1) is 0 Å². The molecule has 0 bridgehead atoms. The van der Waals surface area contributed by atoms with Gasteiger partial charge >= 0.3 is 0 Å². The quantitative estimate of drug-likeness (QED) is 0.734. The zero-order valence-electron chi connectivity index (χ0n) is 9.47. The fourth-order valence-electron chi connectivity index (χ4n) is 2.03. The van der Waals surface area contributed by atoms with Gasteiger partial charge in [0.1, 0.15) is 0 Å². The summed E-state index contributed by atoms with van der Waals surface area (Å²) in [5.74, 6) is 0. The number of rotatable bonds is 4. The zero-order chi connectivity index (χ0) is 10.7. The molecule has 1 heteroatoms. The highest BCUT2D eigenvalue weighted by molar-refractivity contribution is 5.50. The summed E-state index contributed by atoms with van der Waals surface area (Å²) in [6, 6.07) is 6.75. The molecule has 0 heterocycles. The van der Waals surface area contributed by atoms with Crippen molar-refractivity contribution in [2.24, 2.45) is 0 Å². The third kappa shape index (κ3) is 2.41. The first kappa shape index (κ1) is 10.3. The van der Waals surface area contributed by atoms with Gasteiger partial charge in [-0.3, -0.25) is 0 Å². The molecule has 1 aromatic rings. The van der Waals surface area contributed by atoms with Gasteiger partial charge in [-0.25, -0.2) is 0 Å². The van der Waals surface area contributed by atoms with E-state index in [2.05, 4.69) is 37.0 Å². The molecular weight excluding hydrogens is 182 g/mol. The van der Waals surface area contributed by atoms with Gasteiger partial charge in [0.2, 0.25) is 0 Å². The van der Waals surface area contributed by atoms with Gasteiger partial charge in [0.15, 0.2) is 0 Å². The van der Waals surface area contributed by atoms with Crippen molar-refractivity contribution < 1.29 is 0 Å². The molecule has 0 saturated carbocycles. The van der Waals surface area contributed by atoms with Crippen molar-refractivity contribution in [2.45, 2.75) is 32.6 Å². The highest BCUT2D eigenvalue weighted by atomic mass is 14.9. The second kappa shape index (κ2) is 4.52. The average Bonchev–Trinajstić information content (AvgIpc) is 2.72. The predicted molar refractivity (Wildman–Crippen MR) is 66.4 cm³/mol. The van der Waals surface area contributed by atoms with Gasteiger partial charge in [0.25, 0.3) is 0 Å². The predicted octanol–water partition coefficient (Wildman–Crippen LogP) is 3.55. The Balaban J connectivity index is 2.01. The molecule has 1 aliphatic rings. The fraction of sp³-hybridized carbons (Fsp3) is 0.429. The summed E-state index contributed by atoms with van der Waals surface area (Å²) in [5.41, 5.74) is 5.57. The Morgan fingerprint density at radius 2 is 2.13 bits per heavy atom. The molecule has 0 saturated heterocycles. The molecule has 0 radical (unpaired) electrons. The molecule has 1 N–H and O–H groups in total. The number of aryl methyl sites for hydroxylation is 2. The maximum atomic E-state index is 4.00. The van der Waals surface area contributed by atoms with Crippen molar-refractivity contribution >= 4 is 5.69 Å². The van der Waals surface area contributed by atoms with E-state index in [-0.39, 0.29) is 0 Å². The lowest BCUT2D eigenvalue weighted by molar-refractivity contribution is 0.912. The van der Waals surface area contributed by atoms with Crippen LogP contribution < -0.4 is 5.32 Å². The van der Waals surface area contributed by atoms with E-state index >= 15 is 0 Å². The Hall–Kier alpha value is -1.24. The van der Waals surface area contributed by atoms with Crippen molar-refractivity contribution in [1.82, 2.24) is 0 Å². The molecule has 2 rings (SSSR count). The summed E-state index contributed by atoms with van der Waals surface area (Å²) < 4.78 is 0. The van der Waals surface area contributed by atoms with E-state index in [1.54, 1.807) is 0 Å². The summed E-state index contributed by atoms with van der Waals surface area (Å²) in [7, 11) is 0. The number of anilines is 1. The first-order chi connectivity index (χ1) is 7.29. The van der Waals surface area contributed by atoms with Crippen molar-refractivity contribution in [3.8, 4) is 0 Å². The largest absolute Gasteiger partial charge is 0.381 e. The monoisotopic (exact) mass is 201 g/mol. The van der Waals surface area contributed by atoms with Crippen LogP contribution in [0.5, 0.6) is 0 Å². The molecule has 80 valence electrons. The van der Waals surface area contributed by atoms with Crippen LogP contribution in [0.3, 0.4) is 0 Å². The molecule has 0 aliphatic heterocycles. The SMILES string of the molecule is C=C(CC)CNc1ccc2c(c1)CCC2. The molecular formula is C14H19N. The fourth-order valence-corrected chi connectivity index (χ4v) is 2.03. The number of hydrogen-bond donors (Lipinski definition) is 1. The molecule has 0 unspecified atom stereocenters. The Morgan fingerprint density at radius 3 is 2.93 bits per heavy atom. The highest BCUT2D eigenvalue weighted by Gasteiger charge is 2.10. The second-order valence-electron chi connectivity index (χ2n) is 4.29. The topological polar surface area (TPSA) is 12.0 Å². The van der Waals surface area contributed by atoms with Gasteiger partial charge in [0.05, 0.1) is 0 Å². The maximum absolute atomic E-state index is 4.00. The van der Waals surface area contributed by atoms with Gasteiger partial charge < -0.3 is 5.32 Å². The molecule has 0 aromatic heterocycles. The van der Waals surface area contributed by atoms with E-state index in [0.717, 1.165) is 13.0 Å². The van der Waals surface area contributed by atoms with Crippen molar-refractivity contribution in [1.29, 1.82) is 0 Å². The van der Waals surface area contributed by atoms with E-state index < -0.39 is 0 Å². The van der Waals surface area contributed by atoms with E-state index in [1.165, 1.54) is 41.6 Å². The standard InChI is InChI=1S/C14H19N/c1-3-11(2)10-15-14-8-7-12-5-4-6-13(12)9-14/h7-9,15H,2-6,10H2,1H3. The van der Waals surface area contributed by atoms with Crippen LogP contribution in [-0.4, -0.2) is 6.54 Å². The Morgan fingerprint density at radius 1 is 1.33 bits per heavy atom. The minimum absolute atomic E-state index is 0.898. The number of nitrogens with one attached hydrogen (secondary N) is 1. The maximum Gasteiger partial charge on any atom is 0.0357 e. The Bertz CT molecular complexity index is 366. The molecule has 0 fully saturated rings. The smallest absolute Gasteiger partial charge is 0.0357 e. The van der Waals surface area contributed by atoms with Crippen LogP contribution in [0.1, 0.15) is 30.9 Å². The number of benzene rings is 1. The summed E-state index contributed by atoms with van der Waals surface area (Å²) in [5, 5.41) is 3.43. The molecule has 0 atom stereocenters. The minimum Gasteiger partial charge on any atom is -0.381 e. The molecule has 1 aromatic carbocycles. The summed E-state index contributed by atoms with van der Waals surface area (Å²) in [4.78, 5) is 0. The van der Waals surface area contributed by atoms with Crippen LogP contribution in [0, 0.1) is 0 Å². The average molecular weight is 201 g/mol. The lowest BCUT2D eigenvalue weighted by Crippen LogP contribution is -2.03. The van der Waals surface area contributed by atoms with E-state index in [9.17, 15) is 0 Å². The highest BCUT2D eigenvalue weighted by Crippen LogP contribution is 2.24. The minimum atomic E-state index is 0.898. The second-order valence-corrected chi connectivity index (χ2v) is 4.29.